The van der Waals surface area contributed by atoms with Crippen LogP contribution in [0.15, 0.2) is 30.3 Å². The summed E-state index contributed by atoms with van der Waals surface area (Å²) in [5.41, 5.74) is 6.97. The normalized spacial score (nSPS) is 16.0. The minimum absolute atomic E-state index is 0.0704. The third-order valence-electron chi connectivity index (χ3n) is 2.80. The van der Waals surface area contributed by atoms with E-state index in [1.54, 1.807) is 13.8 Å². The van der Waals surface area contributed by atoms with Crippen LogP contribution in [0, 0.1) is 5.92 Å². The number of benzene rings is 1. The zero-order chi connectivity index (χ0) is 12.8. The molecule has 1 aromatic carbocycles. The van der Waals surface area contributed by atoms with Crippen LogP contribution in [-0.2, 0) is 4.79 Å². The highest BCUT2D eigenvalue weighted by Crippen LogP contribution is 2.19. The lowest BCUT2D eigenvalue weighted by atomic mass is 9.94. The van der Waals surface area contributed by atoms with Crippen LogP contribution in [0.3, 0.4) is 0 Å². The first-order valence-corrected chi connectivity index (χ1v) is 5.78. The fourth-order valence-electron chi connectivity index (χ4n) is 1.55. The molecule has 1 rings (SSSR count). The lowest BCUT2D eigenvalue weighted by Gasteiger charge is -2.21. The van der Waals surface area contributed by atoms with Crippen LogP contribution in [0.5, 0.6) is 0 Å². The number of hydrogen-bond donors (Lipinski definition) is 3. The molecule has 0 bridgehead atoms. The Balaban J connectivity index is 2.63. The molecule has 0 aromatic heterocycles. The molecule has 0 aliphatic carbocycles. The molecule has 0 aliphatic rings. The highest BCUT2D eigenvalue weighted by Gasteiger charge is 2.22. The molecular formula is C13H20N2O2. The number of nitrogens with two attached hydrogens (primary N) is 1. The van der Waals surface area contributed by atoms with Crippen molar-refractivity contribution in [3.8, 4) is 0 Å². The minimum Gasteiger partial charge on any atom is -0.394 e. The van der Waals surface area contributed by atoms with E-state index in [0.717, 1.165) is 5.56 Å². The van der Waals surface area contributed by atoms with Crippen molar-refractivity contribution in [1.82, 2.24) is 5.32 Å². The van der Waals surface area contributed by atoms with Gasteiger partial charge in [0.15, 0.2) is 0 Å². The van der Waals surface area contributed by atoms with Gasteiger partial charge >= 0.3 is 0 Å². The van der Waals surface area contributed by atoms with Crippen molar-refractivity contribution in [3.05, 3.63) is 35.9 Å². The third-order valence-corrected chi connectivity index (χ3v) is 2.80. The Morgan fingerprint density at radius 3 is 2.47 bits per heavy atom. The summed E-state index contributed by atoms with van der Waals surface area (Å²) in [5.74, 6) is -0.464. The standard InChI is InChI=1S/C13H20N2O2/c1-9(8-16)15-13(17)10(2)12(14)11-6-4-3-5-7-11/h3-7,9-10,12,16H,8,14H2,1-2H3,(H,15,17)/t9-,10?,12?/m1/s1. The zero-order valence-corrected chi connectivity index (χ0v) is 10.3. The van der Waals surface area contributed by atoms with Gasteiger partial charge in [0.2, 0.25) is 5.91 Å². The summed E-state index contributed by atoms with van der Waals surface area (Å²) in [4.78, 5) is 11.8. The predicted molar refractivity (Wildman–Crippen MR) is 67.2 cm³/mol. The first-order chi connectivity index (χ1) is 8.06. The van der Waals surface area contributed by atoms with Gasteiger partial charge in [0.1, 0.15) is 0 Å². The predicted octanol–water partition coefficient (Wildman–Crippen LogP) is 0.820. The van der Waals surface area contributed by atoms with Crippen molar-refractivity contribution in [1.29, 1.82) is 0 Å². The van der Waals surface area contributed by atoms with Crippen LogP contribution >= 0.6 is 0 Å². The van der Waals surface area contributed by atoms with Gasteiger partial charge in [-0.15, -0.1) is 0 Å². The van der Waals surface area contributed by atoms with E-state index in [2.05, 4.69) is 5.32 Å². The van der Waals surface area contributed by atoms with E-state index in [1.165, 1.54) is 0 Å². The van der Waals surface area contributed by atoms with E-state index in [4.69, 9.17) is 10.8 Å². The Morgan fingerprint density at radius 1 is 1.35 bits per heavy atom. The van der Waals surface area contributed by atoms with Crippen molar-refractivity contribution in [2.75, 3.05) is 6.61 Å². The third kappa shape index (κ3) is 3.84. The molecular weight excluding hydrogens is 216 g/mol. The van der Waals surface area contributed by atoms with Crippen LogP contribution in [-0.4, -0.2) is 23.7 Å². The molecule has 1 aromatic rings. The van der Waals surface area contributed by atoms with Gasteiger partial charge in [-0.05, 0) is 12.5 Å². The molecule has 1 amide bonds. The Bertz CT molecular complexity index is 354. The average molecular weight is 236 g/mol. The molecule has 0 saturated heterocycles. The molecule has 4 N–H and O–H groups in total. The van der Waals surface area contributed by atoms with E-state index in [0.29, 0.717) is 0 Å². The number of carbonyl (C=O) groups is 1. The molecule has 2 unspecified atom stereocenters. The molecule has 0 fully saturated rings. The number of carbonyl (C=O) groups excluding carboxylic acids is 1. The molecule has 0 heterocycles. The molecule has 0 saturated carbocycles. The number of nitrogens with one attached hydrogen (secondary N) is 1. The second kappa shape index (κ2) is 6.37. The van der Waals surface area contributed by atoms with Crippen molar-refractivity contribution in [3.63, 3.8) is 0 Å². The summed E-state index contributed by atoms with van der Waals surface area (Å²) < 4.78 is 0. The van der Waals surface area contributed by atoms with E-state index < -0.39 is 0 Å². The SMILES string of the molecule is CC(C(=O)N[C@H](C)CO)C(N)c1ccccc1. The van der Waals surface area contributed by atoms with E-state index in [1.807, 2.05) is 30.3 Å². The van der Waals surface area contributed by atoms with Crippen molar-refractivity contribution in [2.45, 2.75) is 25.9 Å². The lowest BCUT2D eigenvalue weighted by molar-refractivity contribution is -0.126. The molecule has 0 aliphatic heterocycles. The summed E-state index contributed by atoms with van der Waals surface area (Å²) in [7, 11) is 0. The van der Waals surface area contributed by atoms with Crippen LogP contribution in [0.1, 0.15) is 25.5 Å². The minimum atomic E-state index is -0.331. The second-order valence-corrected chi connectivity index (χ2v) is 4.32. The van der Waals surface area contributed by atoms with Gasteiger partial charge in [0.25, 0.3) is 0 Å². The number of hydrogen-bond acceptors (Lipinski definition) is 3. The van der Waals surface area contributed by atoms with Gasteiger partial charge in [0.05, 0.1) is 12.5 Å². The topological polar surface area (TPSA) is 75.3 Å². The van der Waals surface area contributed by atoms with Crippen molar-refractivity contribution >= 4 is 5.91 Å². The van der Waals surface area contributed by atoms with E-state index in [-0.39, 0.29) is 30.5 Å². The van der Waals surface area contributed by atoms with Gasteiger partial charge in [-0.25, -0.2) is 0 Å². The Morgan fingerprint density at radius 2 is 1.94 bits per heavy atom. The van der Waals surface area contributed by atoms with Gasteiger partial charge in [-0.1, -0.05) is 37.3 Å². The molecule has 94 valence electrons. The van der Waals surface area contributed by atoms with Crippen LogP contribution in [0.25, 0.3) is 0 Å². The fraction of sp³-hybridized carbons (Fsp3) is 0.462. The Kier molecular flexibility index (Phi) is 5.12. The van der Waals surface area contributed by atoms with Crippen LogP contribution in [0.2, 0.25) is 0 Å². The molecule has 0 radical (unpaired) electrons. The number of amides is 1. The maximum absolute atomic E-state index is 11.8. The summed E-state index contributed by atoms with van der Waals surface area (Å²) in [6.07, 6.45) is 0. The molecule has 3 atom stereocenters. The maximum Gasteiger partial charge on any atom is 0.225 e. The second-order valence-electron chi connectivity index (χ2n) is 4.32. The maximum atomic E-state index is 11.8. The lowest BCUT2D eigenvalue weighted by Crippen LogP contribution is -2.41. The smallest absolute Gasteiger partial charge is 0.225 e. The summed E-state index contributed by atoms with van der Waals surface area (Å²) in [6.45, 7) is 3.47. The first kappa shape index (κ1) is 13.7. The van der Waals surface area contributed by atoms with E-state index in [9.17, 15) is 4.79 Å². The largest absolute Gasteiger partial charge is 0.394 e. The Hall–Kier alpha value is -1.39. The highest BCUT2D eigenvalue weighted by atomic mass is 16.3. The molecule has 0 spiro atoms. The summed E-state index contributed by atoms with van der Waals surface area (Å²) in [6, 6.07) is 8.95. The summed E-state index contributed by atoms with van der Waals surface area (Å²) in [5, 5.41) is 11.6. The fourth-order valence-corrected chi connectivity index (χ4v) is 1.55. The number of aliphatic hydroxyl groups excluding tert-OH is 1. The molecule has 4 nitrogen and oxygen atoms in total. The monoisotopic (exact) mass is 236 g/mol. The van der Waals surface area contributed by atoms with Gasteiger partial charge in [-0.3, -0.25) is 4.79 Å². The van der Waals surface area contributed by atoms with Gasteiger partial charge in [0, 0.05) is 12.1 Å². The Labute approximate surface area is 102 Å². The van der Waals surface area contributed by atoms with Crippen molar-refractivity contribution < 1.29 is 9.90 Å². The van der Waals surface area contributed by atoms with Gasteiger partial charge < -0.3 is 16.2 Å². The van der Waals surface area contributed by atoms with Gasteiger partial charge in [-0.2, -0.15) is 0 Å². The quantitative estimate of drug-likeness (QED) is 0.708. The van der Waals surface area contributed by atoms with Crippen LogP contribution < -0.4 is 11.1 Å². The van der Waals surface area contributed by atoms with Crippen molar-refractivity contribution in [2.24, 2.45) is 11.7 Å². The highest BCUT2D eigenvalue weighted by molar-refractivity contribution is 5.79. The zero-order valence-electron chi connectivity index (χ0n) is 10.3. The van der Waals surface area contributed by atoms with E-state index >= 15 is 0 Å². The molecule has 4 heteroatoms. The summed E-state index contributed by atoms with van der Waals surface area (Å²) >= 11 is 0. The van der Waals surface area contributed by atoms with Crippen LogP contribution in [0.4, 0.5) is 0 Å². The molecule has 17 heavy (non-hydrogen) atoms. The first-order valence-electron chi connectivity index (χ1n) is 5.78. The number of aliphatic hydroxyl groups is 1. The average Bonchev–Trinajstić information content (AvgIpc) is 2.37. The number of rotatable bonds is 5.